The first-order valence-electron chi connectivity index (χ1n) is 7.93. The summed E-state index contributed by atoms with van der Waals surface area (Å²) in [6, 6.07) is 9.69. The van der Waals surface area contributed by atoms with Crippen molar-refractivity contribution in [2.45, 2.75) is 6.92 Å². The van der Waals surface area contributed by atoms with Crippen LogP contribution < -0.4 is 15.4 Å². The summed E-state index contributed by atoms with van der Waals surface area (Å²) in [6.07, 6.45) is 0. The molecule has 2 aromatic carbocycles. The molecule has 0 aliphatic rings. The number of nitro benzene ring substituents is 1. The van der Waals surface area contributed by atoms with Gasteiger partial charge in [0.15, 0.2) is 5.11 Å². The van der Waals surface area contributed by atoms with Gasteiger partial charge in [0.1, 0.15) is 10.6 Å². The van der Waals surface area contributed by atoms with Crippen molar-refractivity contribution in [1.82, 2.24) is 5.32 Å². The number of ether oxygens (including phenoxy) is 1. The van der Waals surface area contributed by atoms with Crippen LogP contribution in [0.1, 0.15) is 15.2 Å². The maximum atomic E-state index is 12.6. The van der Waals surface area contributed by atoms with Gasteiger partial charge in [-0.25, -0.2) is 0 Å². The number of amides is 1. The van der Waals surface area contributed by atoms with Crippen molar-refractivity contribution < 1.29 is 14.5 Å². The van der Waals surface area contributed by atoms with E-state index in [0.29, 0.717) is 21.3 Å². The third kappa shape index (κ3) is 4.06. The van der Waals surface area contributed by atoms with E-state index in [0.717, 1.165) is 15.6 Å². The molecular weight excluding hydrogens is 422 g/mol. The number of halogens is 1. The van der Waals surface area contributed by atoms with Crippen LogP contribution in [0, 0.1) is 17.0 Å². The van der Waals surface area contributed by atoms with Crippen LogP contribution in [0.2, 0.25) is 5.02 Å². The fourth-order valence-corrected chi connectivity index (χ4v) is 4.13. The van der Waals surface area contributed by atoms with E-state index in [9.17, 15) is 14.9 Å². The van der Waals surface area contributed by atoms with E-state index >= 15 is 0 Å². The molecule has 1 aromatic heterocycles. The summed E-state index contributed by atoms with van der Waals surface area (Å²) in [7, 11) is 1.56. The van der Waals surface area contributed by atoms with Crippen LogP contribution in [0.25, 0.3) is 10.1 Å². The molecule has 3 rings (SSSR count). The second-order valence-electron chi connectivity index (χ2n) is 5.77. The van der Waals surface area contributed by atoms with Crippen molar-refractivity contribution in [2.24, 2.45) is 0 Å². The third-order valence-electron chi connectivity index (χ3n) is 3.95. The lowest BCUT2D eigenvalue weighted by Crippen LogP contribution is -2.34. The van der Waals surface area contributed by atoms with Crippen LogP contribution in [0.15, 0.2) is 36.4 Å². The number of nitrogens with zero attached hydrogens (tertiary/aromatic N) is 1. The quantitative estimate of drug-likeness (QED) is 0.343. The number of carbonyl (C=O) groups is 1. The highest BCUT2D eigenvalue weighted by atomic mass is 35.5. The van der Waals surface area contributed by atoms with Crippen LogP contribution in [0.5, 0.6) is 5.75 Å². The number of nitro groups is 1. The Morgan fingerprint density at radius 2 is 2.04 bits per heavy atom. The fraction of sp³-hybridized carbons (Fsp3) is 0.111. The van der Waals surface area contributed by atoms with E-state index < -0.39 is 10.8 Å². The van der Waals surface area contributed by atoms with Crippen LogP contribution in [-0.4, -0.2) is 23.1 Å². The molecular formula is C18H14ClN3O4S2. The lowest BCUT2D eigenvalue weighted by atomic mass is 10.2. The second-order valence-corrected chi connectivity index (χ2v) is 7.61. The molecule has 0 saturated heterocycles. The van der Waals surface area contributed by atoms with Gasteiger partial charge in [-0.15, -0.1) is 11.3 Å². The Hall–Kier alpha value is -2.75. The van der Waals surface area contributed by atoms with E-state index in [4.69, 9.17) is 28.6 Å². The summed E-state index contributed by atoms with van der Waals surface area (Å²) in [5.41, 5.74) is 1.10. The van der Waals surface area contributed by atoms with Crippen molar-refractivity contribution in [3.63, 3.8) is 0 Å². The van der Waals surface area contributed by atoms with Crippen molar-refractivity contribution in [1.29, 1.82) is 0 Å². The van der Waals surface area contributed by atoms with Crippen molar-refractivity contribution in [3.8, 4) is 5.75 Å². The molecule has 0 saturated carbocycles. The number of anilines is 1. The Kier molecular flexibility index (Phi) is 5.78. The number of fused-ring (bicyclic) bond motifs is 1. The van der Waals surface area contributed by atoms with Crippen molar-refractivity contribution in [3.05, 3.63) is 62.0 Å². The summed E-state index contributed by atoms with van der Waals surface area (Å²) < 4.78 is 5.99. The Morgan fingerprint density at radius 1 is 1.29 bits per heavy atom. The number of nitrogens with one attached hydrogen (secondary N) is 2. The molecule has 0 fully saturated rings. The minimum absolute atomic E-state index is 0.0136. The van der Waals surface area contributed by atoms with Crippen LogP contribution in [0.3, 0.4) is 0 Å². The summed E-state index contributed by atoms with van der Waals surface area (Å²) in [4.78, 5) is 23.3. The van der Waals surface area contributed by atoms with Crippen molar-refractivity contribution in [2.75, 3.05) is 12.4 Å². The largest absolute Gasteiger partial charge is 0.497 e. The Balaban J connectivity index is 1.79. The van der Waals surface area contributed by atoms with Crippen LogP contribution in [0.4, 0.5) is 11.4 Å². The summed E-state index contributed by atoms with van der Waals surface area (Å²) >= 11 is 12.7. The maximum absolute atomic E-state index is 12.6. The maximum Gasteiger partial charge on any atom is 0.271 e. The first-order valence-corrected chi connectivity index (χ1v) is 9.54. The van der Waals surface area contributed by atoms with Gasteiger partial charge < -0.3 is 10.1 Å². The molecule has 0 bridgehead atoms. The number of hydrogen-bond acceptors (Lipinski definition) is 6. The molecule has 10 heteroatoms. The number of aryl methyl sites for hydroxylation is 1. The molecule has 0 aliphatic carbocycles. The molecule has 3 aromatic rings. The van der Waals surface area contributed by atoms with Gasteiger partial charge in [-0.05, 0) is 42.9 Å². The highest BCUT2D eigenvalue weighted by Crippen LogP contribution is 2.37. The number of hydrogen-bond donors (Lipinski definition) is 2. The number of non-ortho nitro benzene ring substituents is 1. The van der Waals surface area contributed by atoms with E-state index in [1.165, 1.54) is 23.5 Å². The third-order valence-corrected chi connectivity index (χ3v) is 5.81. The number of carbonyl (C=O) groups excluding carboxylic acids is 1. The molecule has 0 spiro atoms. The van der Waals surface area contributed by atoms with Gasteiger partial charge in [0, 0.05) is 27.9 Å². The number of thiocarbonyl (C=S) groups is 1. The Bertz CT molecular complexity index is 1110. The van der Waals surface area contributed by atoms with Gasteiger partial charge in [0.2, 0.25) is 0 Å². The molecule has 1 amide bonds. The molecule has 0 aliphatic heterocycles. The number of methoxy groups -OCH3 is 1. The average Bonchev–Trinajstić information content (AvgIpc) is 2.99. The highest BCUT2D eigenvalue weighted by Gasteiger charge is 2.19. The summed E-state index contributed by atoms with van der Waals surface area (Å²) in [5, 5.41) is 17.4. The number of benzene rings is 2. The monoisotopic (exact) mass is 435 g/mol. The lowest BCUT2D eigenvalue weighted by molar-refractivity contribution is -0.384. The number of thiophene rings is 1. The van der Waals surface area contributed by atoms with Gasteiger partial charge in [-0.2, -0.15) is 0 Å². The second kappa shape index (κ2) is 8.09. The predicted octanol–water partition coefficient (Wildman–Crippen LogP) is 4.91. The lowest BCUT2D eigenvalue weighted by Gasteiger charge is -2.11. The first-order chi connectivity index (χ1) is 13.3. The summed E-state index contributed by atoms with van der Waals surface area (Å²) in [6.45, 7) is 1.77. The SMILES string of the molecule is COc1ccc2c(Cl)c(C(=O)NC(=S)Nc3cc([N+](=O)[O-])ccc3C)sc2c1. The minimum Gasteiger partial charge on any atom is -0.497 e. The minimum atomic E-state index is -0.502. The first kappa shape index (κ1) is 20.0. The normalized spacial score (nSPS) is 10.5. The molecule has 1 heterocycles. The van der Waals surface area contributed by atoms with Gasteiger partial charge in [0.05, 0.1) is 17.1 Å². The highest BCUT2D eigenvalue weighted by molar-refractivity contribution is 7.80. The molecule has 144 valence electrons. The standard InChI is InChI=1S/C18H14ClN3O4S2/c1-9-3-4-10(22(24)25)7-13(9)20-18(27)21-17(23)16-15(19)12-6-5-11(26-2)8-14(12)28-16/h3-8H,1-2H3,(H2,20,21,23,27). The van der Waals surface area contributed by atoms with E-state index in [1.807, 2.05) is 0 Å². The smallest absolute Gasteiger partial charge is 0.271 e. The zero-order valence-corrected chi connectivity index (χ0v) is 17.1. The number of rotatable bonds is 4. The van der Waals surface area contributed by atoms with Gasteiger partial charge in [-0.3, -0.25) is 20.2 Å². The zero-order chi connectivity index (χ0) is 20.4. The Labute approximate surface area is 174 Å². The molecule has 28 heavy (non-hydrogen) atoms. The fourth-order valence-electron chi connectivity index (χ4n) is 2.49. The van der Waals surface area contributed by atoms with E-state index in [2.05, 4.69) is 10.6 Å². The summed E-state index contributed by atoms with van der Waals surface area (Å²) in [5.74, 6) is 0.196. The zero-order valence-electron chi connectivity index (χ0n) is 14.7. The average molecular weight is 436 g/mol. The Morgan fingerprint density at radius 3 is 2.71 bits per heavy atom. The molecule has 0 unspecified atom stereocenters. The molecule has 0 radical (unpaired) electrons. The van der Waals surface area contributed by atoms with Gasteiger partial charge >= 0.3 is 0 Å². The molecule has 7 nitrogen and oxygen atoms in total. The van der Waals surface area contributed by atoms with Crippen molar-refractivity contribution >= 4 is 67.6 Å². The van der Waals surface area contributed by atoms with E-state index in [-0.39, 0.29) is 10.8 Å². The van der Waals surface area contributed by atoms with Gasteiger partial charge in [-0.1, -0.05) is 17.7 Å². The predicted molar refractivity (Wildman–Crippen MR) is 115 cm³/mol. The van der Waals surface area contributed by atoms with Crippen LogP contribution >= 0.6 is 35.2 Å². The molecule has 2 N–H and O–H groups in total. The van der Waals surface area contributed by atoms with Gasteiger partial charge in [0.25, 0.3) is 11.6 Å². The topological polar surface area (TPSA) is 93.5 Å². The van der Waals surface area contributed by atoms with Crippen LogP contribution in [-0.2, 0) is 0 Å². The van der Waals surface area contributed by atoms with E-state index in [1.54, 1.807) is 38.3 Å². The molecule has 0 atom stereocenters.